The average Bonchev–Trinajstić information content (AvgIpc) is 2.89. The molecule has 3 nitrogen and oxygen atoms in total. The Morgan fingerprint density at radius 2 is 1.90 bits per heavy atom. The van der Waals surface area contributed by atoms with E-state index in [1.54, 1.807) is 36.4 Å². The number of hydrogen-bond donors (Lipinski definition) is 2. The Kier molecular flexibility index (Phi) is 3.75. The lowest BCUT2D eigenvalue weighted by molar-refractivity contribution is 0.452. The lowest BCUT2D eigenvalue weighted by Crippen LogP contribution is -2.29. The molecule has 108 valence electrons. The lowest BCUT2D eigenvalue weighted by Gasteiger charge is -2.15. The summed E-state index contributed by atoms with van der Waals surface area (Å²) < 4.78 is 33.7. The van der Waals surface area contributed by atoms with Crippen LogP contribution in [-0.4, -0.2) is 0 Å². The number of rotatable bonds is 3. The maximum Gasteiger partial charge on any atom is 0.169 e. The highest BCUT2D eigenvalue weighted by atomic mass is 79.9. The minimum absolute atomic E-state index is 0.128. The van der Waals surface area contributed by atoms with Crippen LogP contribution in [0.2, 0.25) is 0 Å². The number of nitrogens with one attached hydrogen (secondary N) is 1. The molecule has 0 saturated heterocycles. The van der Waals surface area contributed by atoms with Gasteiger partial charge < -0.3 is 4.42 Å². The van der Waals surface area contributed by atoms with E-state index in [2.05, 4.69) is 21.4 Å². The number of para-hydroxylation sites is 1. The standard InChI is InChI=1S/C15H11BrF2N2O/c16-10-5-2-4-9(13(10)18)14(20-19)12-7-8-3-1-6-11(17)15(8)21-12/h1-7,14,20H,19H2. The smallest absolute Gasteiger partial charge is 0.169 e. The van der Waals surface area contributed by atoms with Crippen LogP contribution >= 0.6 is 15.9 Å². The Morgan fingerprint density at radius 3 is 2.62 bits per heavy atom. The summed E-state index contributed by atoms with van der Waals surface area (Å²) in [6.07, 6.45) is 0. The summed E-state index contributed by atoms with van der Waals surface area (Å²) in [6.45, 7) is 0. The number of nitrogens with two attached hydrogens (primary N) is 1. The molecule has 1 unspecified atom stereocenters. The maximum absolute atomic E-state index is 14.2. The summed E-state index contributed by atoms with van der Waals surface area (Å²) in [6, 6.07) is 10.4. The van der Waals surface area contributed by atoms with Gasteiger partial charge in [0.2, 0.25) is 0 Å². The van der Waals surface area contributed by atoms with Crippen LogP contribution in [0.3, 0.4) is 0 Å². The quantitative estimate of drug-likeness (QED) is 0.552. The van der Waals surface area contributed by atoms with Crippen molar-refractivity contribution in [3.05, 3.63) is 69.9 Å². The van der Waals surface area contributed by atoms with Crippen molar-refractivity contribution in [2.24, 2.45) is 5.84 Å². The molecule has 6 heteroatoms. The highest BCUT2D eigenvalue weighted by Gasteiger charge is 2.22. The van der Waals surface area contributed by atoms with Gasteiger partial charge in [-0.1, -0.05) is 24.3 Å². The lowest BCUT2D eigenvalue weighted by atomic mass is 10.0. The fourth-order valence-corrected chi connectivity index (χ4v) is 2.64. The second-order valence-electron chi connectivity index (χ2n) is 4.55. The van der Waals surface area contributed by atoms with Gasteiger partial charge in [0.05, 0.1) is 4.47 Å². The Labute approximate surface area is 127 Å². The molecule has 3 aromatic rings. The molecule has 3 N–H and O–H groups in total. The molecule has 1 atom stereocenters. The summed E-state index contributed by atoms with van der Waals surface area (Å²) in [5.41, 5.74) is 2.95. The van der Waals surface area contributed by atoms with Crippen LogP contribution in [0.4, 0.5) is 8.78 Å². The fraction of sp³-hybridized carbons (Fsp3) is 0.0667. The van der Waals surface area contributed by atoms with Gasteiger partial charge in [0.15, 0.2) is 11.4 Å². The van der Waals surface area contributed by atoms with Crippen molar-refractivity contribution in [2.45, 2.75) is 6.04 Å². The third kappa shape index (κ3) is 2.46. The first kappa shape index (κ1) is 14.2. The van der Waals surface area contributed by atoms with E-state index in [0.717, 1.165) is 0 Å². The van der Waals surface area contributed by atoms with Crippen molar-refractivity contribution < 1.29 is 13.2 Å². The zero-order chi connectivity index (χ0) is 15.0. The summed E-state index contributed by atoms with van der Waals surface area (Å²) in [5.74, 6) is 4.96. The van der Waals surface area contributed by atoms with Gasteiger partial charge in [-0.15, -0.1) is 0 Å². The minimum atomic E-state index is -0.714. The van der Waals surface area contributed by atoms with Crippen LogP contribution in [0.1, 0.15) is 17.4 Å². The summed E-state index contributed by atoms with van der Waals surface area (Å²) in [7, 11) is 0. The van der Waals surface area contributed by atoms with Crippen LogP contribution in [0.15, 0.2) is 51.4 Å². The van der Waals surface area contributed by atoms with Crippen molar-refractivity contribution in [1.82, 2.24) is 5.43 Å². The molecule has 0 amide bonds. The van der Waals surface area contributed by atoms with Crippen molar-refractivity contribution in [3.8, 4) is 0 Å². The monoisotopic (exact) mass is 352 g/mol. The summed E-state index contributed by atoms with van der Waals surface area (Å²) in [5, 5.41) is 0.598. The molecule has 1 heterocycles. The van der Waals surface area contributed by atoms with Gasteiger partial charge in [-0.25, -0.2) is 14.2 Å². The number of benzene rings is 2. The highest BCUT2D eigenvalue weighted by molar-refractivity contribution is 9.10. The van der Waals surface area contributed by atoms with E-state index in [-0.39, 0.29) is 5.58 Å². The maximum atomic E-state index is 14.2. The zero-order valence-corrected chi connectivity index (χ0v) is 12.3. The number of hydrazine groups is 1. The van der Waals surface area contributed by atoms with Gasteiger partial charge in [-0.05, 0) is 34.1 Å². The van der Waals surface area contributed by atoms with Crippen molar-refractivity contribution in [2.75, 3.05) is 0 Å². The number of fused-ring (bicyclic) bond motifs is 1. The minimum Gasteiger partial charge on any atom is -0.456 e. The van der Waals surface area contributed by atoms with E-state index >= 15 is 0 Å². The molecular weight excluding hydrogens is 342 g/mol. The Morgan fingerprint density at radius 1 is 1.14 bits per heavy atom. The Bertz CT molecular complexity index is 803. The van der Waals surface area contributed by atoms with E-state index in [0.29, 0.717) is 21.2 Å². The van der Waals surface area contributed by atoms with Gasteiger partial charge >= 0.3 is 0 Å². The third-order valence-electron chi connectivity index (χ3n) is 3.26. The molecule has 21 heavy (non-hydrogen) atoms. The average molecular weight is 353 g/mol. The van der Waals surface area contributed by atoms with Crippen molar-refractivity contribution >= 4 is 26.9 Å². The first-order valence-electron chi connectivity index (χ1n) is 6.20. The molecule has 2 aromatic carbocycles. The molecule has 3 rings (SSSR count). The number of furan rings is 1. The van der Waals surface area contributed by atoms with Gasteiger partial charge in [0, 0.05) is 10.9 Å². The first-order valence-corrected chi connectivity index (χ1v) is 6.99. The Hall–Kier alpha value is -1.76. The van der Waals surface area contributed by atoms with E-state index in [1.165, 1.54) is 6.07 Å². The largest absolute Gasteiger partial charge is 0.456 e. The zero-order valence-electron chi connectivity index (χ0n) is 10.7. The molecular formula is C15H11BrF2N2O. The normalized spacial score (nSPS) is 12.8. The molecule has 0 spiro atoms. The number of halogens is 3. The van der Waals surface area contributed by atoms with Crippen LogP contribution in [-0.2, 0) is 0 Å². The second kappa shape index (κ2) is 5.55. The predicted molar refractivity (Wildman–Crippen MR) is 79.4 cm³/mol. The van der Waals surface area contributed by atoms with E-state index in [1.807, 2.05) is 0 Å². The molecule has 0 fully saturated rings. The van der Waals surface area contributed by atoms with Crippen LogP contribution in [0.5, 0.6) is 0 Å². The second-order valence-corrected chi connectivity index (χ2v) is 5.40. The van der Waals surface area contributed by atoms with E-state index in [4.69, 9.17) is 10.3 Å². The van der Waals surface area contributed by atoms with Crippen LogP contribution in [0.25, 0.3) is 11.0 Å². The van der Waals surface area contributed by atoms with Crippen molar-refractivity contribution in [1.29, 1.82) is 0 Å². The molecule has 0 saturated carbocycles. The summed E-state index contributed by atoms with van der Waals surface area (Å²) in [4.78, 5) is 0. The topological polar surface area (TPSA) is 51.2 Å². The predicted octanol–water partition coefficient (Wildman–Crippen LogP) is 4.03. The molecule has 0 aliphatic carbocycles. The SMILES string of the molecule is NNC(c1cc2cccc(F)c2o1)c1cccc(Br)c1F. The molecule has 0 aliphatic heterocycles. The third-order valence-corrected chi connectivity index (χ3v) is 3.87. The van der Waals surface area contributed by atoms with Gasteiger partial charge in [0.25, 0.3) is 0 Å². The fourth-order valence-electron chi connectivity index (χ4n) is 2.26. The molecule has 1 aromatic heterocycles. The molecule has 0 aliphatic rings. The Balaban J connectivity index is 2.14. The van der Waals surface area contributed by atoms with Crippen molar-refractivity contribution in [3.63, 3.8) is 0 Å². The van der Waals surface area contributed by atoms with Crippen LogP contribution < -0.4 is 11.3 Å². The number of hydrogen-bond acceptors (Lipinski definition) is 3. The highest BCUT2D eigenvalue weighted by Crippen LogP contribution is 2.32. The van der Waals surface area contributed by atoms with Crippen LogP contribution in [0, 0.1) is 11.6 Å². The van der Waals surface area contributed by atoms with Gasteiger partial charge in [0.1, 0.15) is 17.6 Å². The molecule has 0 bridgehead atoms. The van der Waals surface area contributed by atoms with Gasteiger partial charge in [-0.2, -0.15) is 0 Å². The summed E-state index contributed by atoms with van der Waals surface area (Å²) >= 11 is 3.13. The van der Waals surface area contributed by atoms with E-state index in [9.17, 15) is 8.78 Å². The molecule has 0 radical (unpaired) electrons. The van der Waals surface area contributed by atoms with Gasteiger partial charge in [-0.3, -0.25) is 5.84 Å². The first-order chi connectivity index (χ1) is 10.1. The van der Waals surface area contributed by atoms with E-state index < -0.39 is 17.7 Å².